The predicted molar refractivity (Wildman–Crippen MR) is 142 cm³/mol. The van der Waals surface area contributed by atoms with Crippen LogP contribution in [0.5, 0.6) is 5.75 Å². The van der Waals surface area contributed by atoms with Crippen molar-refractivity contribution < 1.29 is 9.47 Å². The van der Waals surface area contributed by atoms with Crippen molar-refractivity contribution >= 4 is 29.9 Å². The third kappa shape index (κ3) is 7.94. The summed E-state index contributed by atoms with van der Waals surface area (Å²) in [6.45, 7) is 8.70. The van der Waals surface area contributed by atoms with E-state index in [-0.39, 0.29) is 36.2 Å². The first-order chi connectivity index (χ1) is 15.1. The van der Waals surface area contributed by atoms with E-state index in [1.807, 2.05) is 18.2 Å². The summed E-state index contributed by atoms with van der Waals surface area (Å²) in [5, 5.41) is 6.87. The Balaban J connectivity index is 0.00000363. The number of hydrogen-bond acceptors (Lipinski definition) is 4. The van der Waals surface area contributed by atoms with Gasteiger partial charge in [0.15, 0.2) is 5.96 Å². The highest BCUT2D eigenvalue weighted by atomic mass is 127. The van der Waals surface area contributed by atoms with Gasteiger partial charge < -0.3 is 20.1 Å². The van der Waals surface area contributed by atoms with Crippen molar-refractivity contribution in [2.45, 2.75) is 45.6 Å². The summed E-state index contributed by atoms with van der Waals surface area (Å²) in [5.41, 5.74) is 3.83. The van der Waals surface area contributed by atoms with Crippen molar-refractivity contribution in [3.63, 3.8) is 0 Å². The Bertz CT molecular complexity index is 851. The Morgan fingerprint density at radius 3 is 2.28 bits per heavy atom. The van der Waals surface area contributed by atoms with Crippen LogP contribution in [0.4, 0.5) is 0 Å². The molecule has 0 spiro atoms. The van der Waals surface area contributed by atoms with Gasteiger partial charge in [-0.2, -0.15) is 0 Å². The van der Waals surface area contributed by atoms with Gasteiger partial charge in [0.1, 0.15) is 5.75 Å². The third-order valence-corrected chi connectivity index (χ3v) is 5.56. The molecule has 6 nitrogen and oxygen atoms in total. The quantitative estimate of drug-likeness (QED) is 0.296. The smallest absolute Gasteiger partial charge is 0.191 e. The molecule has 3 rings (SSSR count). The average molecular weight is 553 g/mol. The van der Waals surface area contributed by atoms with Gasteiger partial charge in [-0.25, -0.2) is 0 Å². The summed E-state index contributed by atoms with van der Waals surface area (Å²) in [7, 11) is 3.52. The van der Waals surface area contributed by atoms with Crippen LogP contribution in [0.2, 0.25) is 0 Å². The predicted octanol–water partition coefficient (Wildman–Crippen LogP) is 3.83. The number of methoxy groups -OCH3 is 1. The summed E-state index contributed by atoms with van der Waals surface area (Å²) in [6.07, 6.45) is 1.43. The molecule has 2 aromatic carbocycles. The number of nitrogens with one attached hydrogen (secondary N) is 2. The number of hydrogen-bond donors (Lipinski definition) is 2. The minimum Gasteiger partial charge on any atom is -0.496 e. The minimum atomic E-state index is 0. The maximum absolute atomic E-state index is 5.88. The van der Waals surface area contributed by atoms with Crippen molar-refractivity contribution in [3.05, 3.63) is 65.2 Å². The Labute approximate surface area is 209 Å². The lowest BCUT2D eigenvalue weighted by atomic mass is 10.1. The van der Waals surface area contributed by atoms with Crippen LogP contribution in [-0.2, 0) is 24.2 Å². The van der Waals surface area contributed by atoms with Gasteiger partial charge in [0.25, 0.3) is 0 Å². The number of para-hydroxylation sites is 1. The van der Waals surface area contributed by atoms with Crippen LogP contribution in [0.25, 0.3) is 0 Å². The van der Waals surface area contributed by atoms with Gasteiger partial charge in [0.05, 0.1) is 19.3 Å². The van der Waals surface area contributed by atoms with Crippen LogP contribution in [0, 0.1) is 0 Å². The SMILES string of the molecule is CN=C(NCCc1ccccc1OC)NCc1ccccc1CN1CC(C)OC(C)C1.I. The van der Waals surface area contributed by atoms with Crippen molar-refractivity contribution in [1.29, 1.82) is 0 Å². The summed E-state index contributed by atoms with van der Waals surface area (Å²) < 4.78 is 11.3. The second-order valence-corrected chi connectivity index (χ2v) is 8.13. The van der Waals surface area contributed by atoms with E-state index in [4.69, 9.17) is 9.47 Å². The number of rotatable bonds is 8. The molecule has 0 amide bonds. The molecule has 2 atom stereocenters. The van der Waals surface area contributed by atoms with Crippen LogP contribution in [0.1, 0.15) is 30.5 Å². The number of morpholine rings is 1. The van der Waals surface area contributed by atoms with E-state index >= 15 is 0 Å². The van der Waals surface area contributed by atoms with E-state index in [2.05, 4.69) is 64.7 Å². The van der Waals surface area contributed by atoms with Crippen LogP contribution >= 0.6 is 24.0 Å². The molecule has 2 unspecified atom stereocenters. The largest absolute Gasteiger partial charge is 0.496 e. The summed E-state index contributed by atoms with van der Waals surface area (Å²) in [6, 6.07) is 16.8. The Hall–Kier alpha value is -1.84. The van der Waals surface area contributed by atoms with Crippen molar-refractivity contribution in [1.82, 2.24) is 15.5 Å². The molecular weight excluding hydrogens is 515 g/mol. The molecule has 1 aliphatic heterocycles. The van der Waals surface area contributed by atoms with Crippen LogP contribution < -0.4 is 15.4 Å². The average Bonchev–Trinajstić information content (AvgIpc) is 2.76. The van der Waals surface area contributed by atoms with Gasteiger partial charge in [-0.15, -0.1) is 24.0 Å². The molecule has 0 radical (unpaired) electrons. The fraction of sp³-hybridized carbons (Fsp3) is 0.480. The topological polar surface area (TPSA) is 58.1 Å². The fourth-order valence-electron chi connectivity index (χ4n) is 4.16. The van der Waals surface area contributed by atoms with Crippen LogP contribution in [0.3, 0.4) is 0 Å². The number of guanidine groups is 1. The van der Waals surface area contributed by atoms with E-state index in [9.17, 15) is 0 Å². The minimum absolute atomic E-state index is 0. The van der Waals surface area contributed by atoms with Crippen LogP contribution in [-0.4, -0.2) is 56.9 Å². The Morgan fingerprint density at radius 2 is 1.62 bits per heavy atom. The molecule has 1 heterocycles. The van der Waals surface area contributed by atoms with Gasteiger partial charge in [-0.1, -0.05) is 42.5 Å². The second-order valence-electron chi connectivity index (χ2n) is 8.13. The van der Waals surface area contributed by atoms with Gasteiger partial charge in [-0.3, -0.25) is 9.89 Å². The molecule has 0 aliphatic carbocycles. The highest BCUT2D eigenvalue weighted by Crippen LogP contribution is 2.18. The van der Waals surface area contributed by atoms with E-state index in [1.54, 1.807) is 14.2 Å². The van der Waals surface area contributed by atoms with Crippen molar-refractivity contribution in [3.8, 4) is 5.75 Å². The molecule has 2 N–H and O–H groups in total. The highest BCUT2D eigenvalue weighted by molar-refractivity contribution is 14.0. The zero-order valence-electron chi connectivity index (χ0n) is 19.6. The van der Waals surface area contributed by atoms with E-state index in [0.717, 1.165) is 50.9 Å². The lowest BCUT2D eigenvalue weighted by Gasteiger charge is -2.35. The first-order valence-corrected chi connectivity index (χ1v) is 11.1. The molecule has 32 heavy (non-hydrogen) atoms. The normalized spacial score (nSPS) is 19.2. The monoisotopic (exact) mass is 552 g/mol. The van der Waals surface area contributed by atoms with Gasteiger partial charge in [-0.05, 0) is 43.0 Å². The number of nitrogens with zero attached hydrogens (tertiary/aromatic N) is 2. The lowest BCUT2D eigenvalue weighted by molar-refractivity contribution is -0.0705. The molecule has 0 saturated carbocycles. The number of benzene rings is 2. The Morgan fingerprint density at radius 1 is 1.00 bits per heavy atom. The molecular formula is C25H37IN4O2. The summed E-state index contributed by atoms with van der Waals surface area (Å²) in [5.74, 6) is 1.73. The molecule has 0 bridgehead atoms. The van der Waals surface area contributed by atoms with Crippen molar-refractivity contribution in [2.24, 2.45) is 4.99 Å². The zero-order chi connectivity index (χ0) is 22.1. The third-order valence-electron chi connectivity index (χ3n) is 5.56. The molecule has 1 fully saturated rings. The summed E-state index contributed by atoms with van der Waals surface area (Å²) in [4.78, 5) is 6.86. The van der Waals surface area contributed by atoms with Gasteiger partial charge in [0, 0.05) is 39.8 Å². The number of ether oxygens (including phenoxy) is 2. The van der Waals surface area contributed by atoms with Crippen molar-refractivity contribution in [2.75, 3.05) is 33.8 Å². The molecule has 1 saturated heterocycles. The molecule has 1 aliphatic rings. The Kier molecular flexibility index (Phi) is 11.3. The first-order valence-electron chi connectivity index (χ1n) is 11.1. The van der Waals surface area contributed by atoms with E-state index < -0.39 is 0 Å². The van der Waals surface area contributed by atoms with Gasteiger partial charge in [0.2, 0.25) is 0 Å². The van der Waals surface area contributed by atoms with E-state index in [1.165, 1.54) is 16.7 Å². The van der Waals surface area contributed by atoms with Gasteiger partial charge >= 0.3 is 0 Å². The lowest BCUT2D eigenvalue weighted by Crippen LogP contribution is -2.45. The molecule has 0 aromatic heterocycles. The first kappa shape index (κ1) is 26.4. The standard InChI is InChI=1S/C25H36N4O2.HI/c1-19-16-29(17-20(2)31-19)18-23-11-6-5-10-22(23)15-28-25(26-3)27-14-13-21-9-7-8-12-24(21)30-4;/h5-12,19-20H,13-18H2,1-4H3,(H2,26,27,28);1H. The molecule has 2 aromatic rings. The van der Waals surface area contributed by atoms with Crippen LogP contribution in [0.15, 0.2) is 53.5 Å². The van der Waals surface area contributed by atoms with E-state index in [0.29, 0.717) is 0 Å². The summed E-state index contributed by atoms with van der Waals surface area (Å²) >= 11 is 0. The second kappa shape index (κ2) is 13.6. The molecule has 7 heteroatoms. The highest BCUT2D eigenvalue weighted by Gasteiger charge is 2.22. The zero-order valence-corrected chi connectivity index (χ0v) is 22.0. The fourth-order valence-corrected chi connectivity index (χ4v) is 4.16. The maximum Gasteiger partial charge on any atom is 0.191 e. The molecule has 176 valence electrons. The number of aliphatic imine (C=N–C) groups is 1. The maximum atomic E-state index is 5.88. The number of halogens is 1.